The monoisotopic (exact) mass is 280 g/mol. The van der Waals surface area contributed by atoms with Crippen LogP contribution in [0.5, 0.6) is 0 Å². The van der Waals surface area contributed by atoms with E-state index in [2.05, 4.69) is 24.1 Å². The van der Waals surface area contributed by atoms with Gasteiger partial charge in [-0.05, 0) is 39.0 Å². The summed E-state index contributed by atoms with van der Waals surface area (Å²) in [5.41, 5.74) is 0.282. The molecule has 20 heavy (non-hydrogen) atoms. The Morgan fingerprint density at radius 1 is 1.20 bits per heavy atom. The average Bonchev–Trinajstić information content (AvgIpc) is 2.82. The Hall–Kier alpha value is -0.120. The fraction of sp³-hybridized carbons (Fsp3) is 1.00. The summed E-state index contributed by atoms with van der Waals surface area (Å²) in [5.74, 6) is 0. The van der Waals surface area contributed by atoms with Crippen molar-refractivity contribution in [1.29, 1.82) is 0 Å². The molecule has 0 aromatic carbocycles. The number of hydrogen-bond donors (Lipinski definition) is 1. The van der Waals surface area contributed by atoms with Crippen LogP contribution in [0.15, 0.2) is 0 Å². The van der Waals surface area contributed by atoms with E-state index in [0.29, 0.717) is 18.2 Å². The molecule has 2 aliphatic heterocycles. The van der Waals surface area contributed by atoms with Gasteiger partial charge in [-0.1, -0.05) is 26.2 Å². The smallest absolute Gasteiger partial charge is 0.0710 e. The maximum Gasteiger partial charge on any atom is 0.0710 e. The lowest BCUT2D eigenvalue weighted by Crippen LogP contribution is -2.56. The molecule has 1 spiro atoms. The van der Waals surface area contributed by atoms with Gasteiger partial charge in [-0.15, -0.1) is 0 Å². The molecule has 1 saturated carbocycles. The molecule has 1 aliphatic carbocycles. The molecule has 3 atom stereocenters. The van der Waals surface area contributed by atoms with E-state index in [-0.39, 0.29) is 5.60 Å². The Balaban J connectivity index is 1.55. The maximum atomic E-state index is 6.56. The highest BCUT2D eigenvalue weighted by atomic mass is 16.5. The van der Waals surface area contributed by atoms with Gasteiger partial charge in [0.25, 0.3) is 0 Å². The quantitative estimate of drug-likeness (QED) is 0.860. The summed E-state index contributed by atoms with van der Waals surface area (Å²) in [5, 5.41) is 3.61. The fourth-order valence-electron chi connectivity index (χ4n) is 4.51. The Morgan fingerprint density at radius 2 is 2.00 bits per heavy atom. The first-order chi connectivity index (χ1) is 9.71. The third kappa shape index (κ3) is 3.20. The van der Waals surface area contributed by atoms with Crippen molar-refractivity contribution in [2.45, 2.75) is 89.0 Å². The summed E-state index contributed by atoms with van der Waals surface area (Å²) in [7, 11) is 0. The second kappa shape index (κ2) is 6.33. The van der Waals surface area contributed by atoms with Gasteiger partial charge >= 0.3 is 0 Å². The van der Waals surface area contributed by atoms with E-state index in [1.807, 2.05) is 0 Å². The first-order valence-electron chi connectivity index (χ1n) is 8.86. The zero-order valence-electron chi connectivity index (χ0n) is 13.4. The van der Waals surface area contributed by atoms with Gasteiger partial charge in [0.05, 0.1) is 11.7 Å². The van der Waals surface area contributed by atoms with Crippen molar-refractivity contribution in [3.05, 3.63) is 0 Å². The summed E-state index contributed by atoms with van der Waals surface area (Å²) in [6, 6.07) is 1.33. The summed E-state index contributed by atoms with van der Waals surface area (Å²) in [6.07, 6.45) is 11.2. The molecule has 0 amide bonds. The molecular formula is C17H32N2O. The molecule has 0 bridgehead atoms. The largest absolute Gasteiger partial charge is 0.370 e. The van der Waals surface area contributed by atoms with Crippen LogP contribution in [0.1, 0.15) is 65.2 Å². The molecule has 116 valence electrons. The summed E-state index contributed by atoms with van der Waals surface area (Å²) >= 11 is 0. The van der Waals surface area contributed by atoms with Gasteiger partial charge in [-0.2, -0.15) is 0 Å². The number of nitrogens with zero attached hydrogens (tertiary/aromatic N) is 1. The molecule has 1 N–H and O–H groups in total. The normalized spacial score (nSPS) is 38.4. The van der Waals surface area contributed by atoms with E-state index in [1.54, 1.807) is 0 Å². The molecule has 3 aliphatic rings. The predicted molar refractivity (Wildman–Crippen MR) is 83.0 cm³/mol. The third-order valence-corrected chi connectivity index (χ3v) is 5.74. The van der Waals surface area contributed by atoms with Crippen LogP contribution in [-0.4, -0.2) is 48.3 Å². The minimum atomic E-state index is 0.282. The number of nitrogens with one attached hydrogen (secondary N) is 1. The van der Waals surface area contributed by atoms with Gasteiger partial charge in [0.2, 0.25) is 0 Å². The van der Waals surface area contributed by atoms with Gasteiger partial charge in [-0.25, -0.2) is 0 Å². The van der Waals surface area contributed by atoms with Crippen LogP contribution < -0.4 is 5.32 Å². The lowest BCUT2D eigenvalue weighted by Gasteiger charge is -2.41. The van der Waals surface area contributed by atoms with Crippen molar-refractivity contribution in [3.63, 3.8) is 0 Å². The molecule has 3 heteroatoms. The zero-order chi connectivity index (χ0) is 14.0. The van der Waals surface area contributed by atoms with Crippen LogP contribution in [0.25, 0.3) is 0 Å². The lowest BCUT2D eigenvalue weighted by molar-refractivity contribution is -0.0771. The molecule has 3 unspecified atom stereocenters. The van der Waals surface area contributed by atoms with Crippen LogP contribution in [0, 0.1) is 0 Å². The molecule has 2 heterocycles. The molecule has 3 fully saturated rings. The van der Waals surface area contributed by atoms with Crippen molar-refractivity contribution < 1.29 is 4.74 Å². The van der Waals surface area contributed by atoms with Gasteiger partial charge in [0.1, 0.15) is 0 Å². The van der Waals surface area contributed by atoms with Crippen LogP contribution in [0.4, 0.5) is 0 Å². The minimum Gasteiger partial charge on any atom is -0.370 e. The van der Waals surface area contributed by atoms with Crippen molar-refractivity contribution in [2.24, 2.45) is 0 Å². The summed E-state index contributed by atoms with van der Waals surface area (Å²) in [6.45, 7) is 8.11. The van der Waals surface area contributed by atoms with Gasteiger partial charge in [0, 0.05) is 31.7 Å². The van der Waals surface area contributed by atoms with Gasteiger partial charge < -0.3 is 10.1 Å². The van der Waals surface area contributed by atoms with Crippen molar-refractivity contribution in [3.8, 4) is 0 Å². The minimum absolute atomic E-state index is 0.282. The molecule has 2 saturated heterocycles. The fourth-order valence-corrected chi connectivity index (χ4v) is 4.51. The highest BCUT2D eigenvalue weighted by molar-refractivity contribution is 4.93. The lowest BCUT2D eigenvalue weighted by atomic mass is 9.83. The van der Waals surface area contributed by atoms with E-state index >= 15 is 0 Å². The number of hydrogen-bond acceptors (Lipinski definition) is 3. The first kappa shape index (κ1) is 14.8. The zero-order valence-corrected chi connectivity index (χ0v) is 13.4. The Kier molecular flexibility index (Phi) is 4.68. The predicted octanol–water partition coefficient (Wildman–Crippen LogP) is 2.94. The second-order valence-electron chi connectivity index (χ2n) is 7.35. The van der Waals surface area contributed by atoms with Crippen LogP contribution in [0.3, 0.4) is 0 Å². The van der Waals surface area contributed by atoms with Crippen LogP contribution >= 0.6 is 0 Å². The molecule has 0 radical (unpaired) electrons. The Morgan fingerprint density at radius 3 is 2.75 bits per heavy atom. The maximum absolute atomic E-state index is 6.56. The summed E-state index contributed by atoms with van der Waals surface area (Å²) < 4.78 is 6.56. The number of rotatable bonds is 3. The van der Waals surface area contributed by atoms with Crippen molar-refractivity contribution in [2.75, 3.05) is 19.6 Å². The van der Waals surface area contributed by atoms with E-state index in [1.165, 1.54) is 57.9 Å². The van der Waals surface area contributed by atoms with E-state index in [4.69, 9.17) is 4.74 Å². The highest BCUT2D eigenvalue weighted by Crippen LogP contribution is 2.42. The number of ether oxygens (including phenoxy) is 1. The molecule has 0 aromatic heterocycles. The molecular weight excluding hydrogens is 248 g/mol. The van der Waals surface area contributed by atoms with Gasteiger partial charge in [0.15, 0.2) is 0 Å². The van der Waals surface area contributed by atoms with E-state index < -0.39 is 0 Å². The molecule has 0 aromatic rings. The van der Waals surface area contributed by atoms with Crippen molar-refractivity contribution >= 4 is 0 Å². The number of piperazine rings is 1. The molecule has 3 rings (SSSR count). The van der Waals surface area contributed by atoms with Gasteiger partial charge in [-0.3, -0.25) is 4.90 Å². The third-order valence-electron chi connectivity index (χ3n) is 5.74. The Bertz CT molecular complexity index is 314. The van der Waals surface area contributed by atoms with E-state index in [9.17, 15) is 0 Å². The second-order valence-corrected chi connectivity index (χ2v) is 7.35. The van der Waals surface area contributed by atoms with Crippen molar-refractivity contribution in [1.82, 2.24) is 10.2 Å². The first-order valence-corrected chi connectivity index (χ1v) is 8.86. The molecule has 3 nitrogen and oxygen atoms in total. The standard InChI is InChI=1S/C17H32N2O/c1-3-15-11-18-14(2)12-19(15)13-16-7-10-17(20-16)8-5-4-6-9-17/h14-16,18H,3-13H2,1-2H3. The SMILES string of the molecule is CCC1CNC(C)CN1CC1CCC2(CCCCC2)O1. The highest BCUT2D eigenvalue weighted by Gasteiger charge is 2.41. The van der Waals surface area contributed by atoms with E-state index in [0.717, 1.165) is 13.1 Å². The average molecular weight is 280 g/mol. The van der Waals surface area contributed by atoms with Crippen LogP contribution in [-0.2, 0) is 4.74 Å². The topological polar surface area (TPSA) is 24.5 Å². The summed E-state index contributed by atoms with van der Waals surface area (Å²) in [4.78, 5) is 2.69. The van der Waals surface area contributed by atoms with Crippen LogP contribution in [0.2, 0.25) is 0 Å². The Labute approximate surface area is 124 Å².